The SMILES string of the molecule is CC(CCc1ccccc1)NS(=O)(=O)c1cn(Cc2ccccc2)nc1C(C)(C)C. The second-order valence-corrected chi connectivity index (χ2v) is 10.5. The predicted octanol–water partition coefficient (Wildman–Crippen LogP) is 4.53. The summed E-state index contributed by atoms with van der Waals surface area (Å²) >= 11 is 0. The Balaban J connectivity index is 1.79. The molecule has 1 aromatic heterocycles. The lowest BCUT2D eigenvalue weighted by Gasteiger charge is -2.19. The lowest BCUT2D eigenvalue weighted by molar-refractivity contribution is 0.523. The van der Waals surface area contributed by atoms with Crippen molar-refractivity contribution in [1.82, 2.24) is 14.5 Å². The van der Waals surface area contributed by atoms with Gasteiger partial charge in [0.05, 0.1) is 12.2 Å². The van der Waals surface area contributed by atoms with Crippen LogP contribution in [0.2, 0.25) is 0 Å². The maximum Gasteiger partial charge on any atom is 0.244 e. The molecule has 0 fully saturated rings. The number of hydrogen-bond acceptors (Lipinski definition) is 3. The summed E-state index contributed by atoms with van der Waals surface area (Å²) in [6, 6.07) is 19.9. The van der Waals surface area contributed by atoms with Gasteiger partial charge in [-0.1, -0.05) is 81.4 Å². The van der Waals surface area contributed by atoms with Crippen LogP contribution in [0.5, 0.6) is 0 Å². The Labute approximate surface area is 180 Å². The molecule has 1 atom stereocenters. The fraction of sp³-hybridized carbons (Fsp3) is 0.375. The summed E-state index contributed by atoms with van der Waals surface area (Å²) in [5, 5.41) is 4.64. The number of sulfonamides is 1. The average Bonchev–Trinajstić information content (AvgIpc) is 3.13. The normalized spacial score (nSPS) is 13.3. The zero-order chi connectivity index (χ0) is 21.8. The lowest BCUT2D eigenvalue weighted by atomic mass is 9.92. The van der Waals surface area contributed by atoms with Crippen LogP contribution in [0.3, 0.4) is 0 Å². The van der Waals surface area contributed by atoms with E-state index in [1.807, 2.05) is 76.2 Å². The molecule has 0 radical (unpaired) electrons. The fourth-order valence-electron chi connectivity index (χ4n) is 3.39. The molecule has 0 saturated carbocycles. The minimum atomic E-state index is -3.68. The standard InChI is InChI=1S/C24H31N3O2S/c1-19(15-16-20-11-7-5-8-12-20)26-30(28,29)22-18-27(25-23(22)24(2,3)4)17-21-13-9-6-10-14-21/h5-14,18-19,26H,15-17H2,1-4H3. The first-order valence-corrected chi connectivity index (χ1v) is 11.8. The molecule has 1 unspecified atom stereocenters. The Bertz CT molecular complexity index is 1050. The van der Waals surface area contributed by atoms with E-state index in [1.165, 1.54) is 5.56 Å². The van der Waals surface area contributed by atoms with E-state index in [0.717, 1.165) is 18.4 Å². The van der Waals surface area contributed by atoms with Gasteiger partial charge in [-0.05, 0) is 30.9 Å². The Kier molecular flexibility index (Phi) is 6.78. The van der Waals surface area contributed by atoms with Gasteiger partial charge in [-0.2, -0.15) is 5.10 Å². The average molecular weight is 426 g/mol. The molecule has 5 nitrogen and oxygen atoms in total. The Morgan fingerprint density at radius 3 is 2.10 bits per heavy atom. The summed E-state index contributed by atoms with van der Waals surface area (Å²) < 4.78 is 31.0. The topological polar surface area (TPSA) is 64.0 Å². The van der Waals surface area contributed by atoms with Crippen LogP contribution in [0.25, 0.3) is 0 Å². The molecule has 0 amide bonds. The Morgan fingerprint density at radius 1 is 0.967 bits per heavy atom. The van der Waals surface area contributed by atoms with Crippen molar-refractivity contribution in [2.45, 2.75) is 63.4 Å². The molecule has 3 rings (SSSR count). The van der Waals surface area contributed by atoms with Gasteiger partial charge in [0.25, 0.3) is 0 Å². The minimum absolute atomic E-state index is 0.180. The second kappa shape index (κ2) is 9.14. The maximum absolute atomic E-state index is 13.2. The van der Waals surface area contributed by atoms with Crippen molar-refractivity contribution in [2.75, 3.05) is 0 Å². The summed E-state index contributed by atoms with van der Waals surface area (Å²) in [5.74, 6) is 0. The first-order chi connectivity index (χ1) is 14.1. The van der Waals surface area contributed by atoms with E-state index < -0.39 is 10.0 Å². The third kappa shape index (κ3) is 5.80. The summed E-state index contributed by atoms with van der Waals surface area (Å²) in [7, 11) is -3.68. The smallest absolute Gasteiger partial charge is 0.244 e. The molecule has 160 valence electrons. The van der Waals surface area contributed by atoms with E-state index in [9.17, 15) is 8.42 Å². The molecule has 2 aromatic carbocycles. The Hall–Kier alpha value is -2.44. The van der Waals surface area contributed by atoms with E-state index in [2.05, 4.69) is 22.0 Å². The summed E-state index contributed by atoms with van der Waals surface area (Å²) in [4.78, 5) is 0.262. The molecule has 0 aliphatic heterocycles. The first-order valence-electron chi connectivity index (χ1n) is 10.3. The van der Waals surface area contributed by atoms with Crippen LogP contribution < -0.4 is 4.72 Å². The van der Waals surface area contributed by atoms with E-state index in [0.29, 0.717) is 12.2 Å². The largest absolute Gasteiger partial charge is 0.267 e. The third-order valence-corrected chi connectivity index (χ3v) is 6.57. The highest BCUT2D eigenvalue weighted by atomic mass is 32.2. The van der Waals surface area contributed by atoms with Gasteiger partial charge in [-0.3, -0.25) is 4.68 Å². The molecule has 0 aliphatic carbocycles. The van der Waals surface area contributed by atoms with Crippen molar-refractivity contribution >= 4 is 10.0 Å². The van der Waals surface area contributed by atoms with Gasteiger partial charge >= 0.3 is 0 Å². The van der Waals surface area contributed by atoms with Crippen LogP contribution in [0, 0.1) is 0 Å². The van der Waals surface area contributed by atoms with Gasteiger partial charge in [0.15, 0.2) is 0 Å². The van der Waals surface area contributed by atoms with E-state index >= 15 is 0 Å². The van der Waals surface area contributed by atoms with Gasteiger partial charge < -0.3 is 0 Å². The highest BCUT2D eigenvalue weighted by Gasteiger charge is 2.30. The number of nitrogens with zero attached hydrogens (tertiary/aromatic N) is 2. The van der Waals surface area contributed by atoms with Crippen LogP contribution >= 0.6 is 0 Å². The number of benzene rings is 2. The van der Waals surface area contributed by atoms with Crippen LogP contribution in [0.15, 0.2) is 71.8 Å². The summed E-state index contributed by atoms with van der Waals surface area (Å²) in [6.45, 7) is 8.40. The maximum atomic E-state index is 13.2. The minimum Gasteiger partial charge on any atom is -0.267 e. The molecule has 1 N–H and O–H groups in total. The molecule has 30 heavy (non-hydrogen) atoms. The van der Waals surface area contributed by atoms with Gasteiger partial charge in [0.1, 0.15) is 4.90 Å². The van der Waals surface area contributed by atoms with Crippen molar-refractivity contribution in [2.24, 2.45) is 0 Å². The van der Waals surface area contributed by atoms with Crippen molar-refractivity contribution in [1.29, 1.82) is 0 Å². The monoisotopic (exact) mass is 425 g/mol. The number of aryl methyl sites for hydroxylation is 1. The molecule has 0 spiro atoms. The van der Waals surface area contributed by atoms with Crippen molar-refractivity contribution in [3.8, 4) is 0 Å². The molecule has 0 bridgehead atoms. The molecule has 0 aliphatic rings. The van der Waals surface area contributed by atoms with Crippen LogP contribution in [-0.2, 0) is 28.4 Å². The van der Waals surface area contributed by atoms with Crippen LogP contribution in [-0.4, -0.2) is 24.2 Å². The molecule has 1 heterocycles. The highest BCUT2D eigenvalue weighted by Crippen LogP contribution is 2.28. The number of hydrogen-bond donors (Lipinski definition) is 1. The second-order valence-electron chi connectivity index (χ2n) is 8.82. The van der Waals surface area contributed by atoms with Crippen molar-refractivity contribution in [3.63, 3.8) is 0 Å². The summed E-state index contributed by atoms with van der Waals surface area (Å²) in [5.41, 5.74) is 2.48. The molecule has 0 saturated heterocycles. The van der Waals surface area contributed by atoms with Crippen molar-refractivity contribution < 1.29 is 8.42 Å². The highest BCUT2D eigenvalue weighted by molar-refractivity contribution is 7.89. The van der Waals surface area contributed by atoms with Crippen LogP contribution in [0.4, 0.5) is 0 Å². The number of nitrogens with one attached hydrogen (secondary N) is 1. The molecular formula is C24H31N3O2S. The zero-order valence-electron chi connectivity index (χ0n) is 18.2. The van der Waals surface area contributed by atoms with E-state index in [4.69, 9.17) is 0 Å². The van der Waals surface area contributed by atoms with E-state index in [1.54, 1.807) is 10.9 Å². The quantitative estimate of drug-likeness (QED) is 0.577. The van der Waals surface area contributed by atoms with Gasteiger partial charge in [-0.15, -0.1) is 0 Å². The van der Waals surface area contributed by atoms with Gasteiger partial charge in [0, 0.05) is 17.7 Å². The molecule has 6 heteroatoms. The van der Waals surface area contributed by atoms with Gasteiger partial charge in [-0.25, -0.2) is 13.1 Å². The molecule has 3 aromatic rings. The van der Waals surface area contributed by atoms with Crippen LogP contribution in [0.1, 0.15) is 50.9 Å². The first kappa shape index (κ1) is 22.2. The van der Waals surface area contributed by atoms with Crippen molar-refractivity contribution in [3.05, 3.63) is 83.7 Å². The lowest BCUT2D eigenvalue weighted by Crippen LogP contribution is -2.34. The number of rotatable bonds is 8. The summed E-state index contributed by atoms with van der Waals surface area (Å²) in [6.07, 6.45) is 3.20. The third-order valence-electron chi connectivity index (χ3n) is 4.98. The van der Waals surface area contributed by atoms with E-state index in [-0.39, 0.29) is 16.4 Å². The predicted molar refractivity (Wildman–Crippen MR) is 121 cm³/mol. The Morgan fingerprint density at radius 2 is 1.53 bits per heavy atom. The zero-order valence-corrected chi connectivity index (χ0v) is 19.0. The fourth-order valence-corrected chi connectivity index (χ4v) is 5.02. The molecular weight excluding hydrogens is 394 g/mol. The van der Waals surface area contributed by atoms with Gasteiger partial charge in [0.2, 0.25) is 10.0 Å². The number of aromatic nitrogens is 2.